The fourth-order valence-corrected chi connectivity index (χ4v) is 2.46. The van der Waals surface area contributed by atoms with Crippen LogP contribution in [0.1, 0.15) is 22.7 Å². The lowest BCUT2D eigenvalue weighted by Gasteiger charge is -2.02. The highest BCUT2D eigenvalue weighted by Gasteiger charge is 2.19. The lowest BCUT2D eigenvalue weighted by Crippen LogP contribution is -2.10. The Balaban J connectivity index is 0.00000176. The second kappa shape index (κ2) is 7.38. The van der Waals surface area contributed by atoms with Gasteiger partial charge in [-0.3, -0.25) is 0 Å². The van der Waals surface area contributed by atoms with E-state index in [1.54, 1.807) is 24.3 Å². The van der Waals surface area contributed by atoms with Crippen molar-refractivity contribution in [2.45, 2.75) is 12.8 Å². The number of hydrogen-bond acceptors (Lipinski definition) is 6. The lowest BCUT2D eigenvalue weighted by atomic mass is 10.1. The van der Waals surface area contributed by atoms with Crippen molar-refractivity contribution in [1.29, 1.82) is 0 Å². The molecule has 0 spiro atoms. The molecule has 1 unspecified atom stereocenters. The monoisotopic (exact) mass is 323 g/mol. The van der Waals surface area contributed by atoms with E-state index in [2.05, 4.69) is 20.2 Å². The topological polar surface area (TPSA) is 77.2 Å². The molecule has 1 aromatic carbocycles. The molecule has 0 radical (unpaired) electrons. The van der Waals surface area contributed by atoms with Crippen LogP contribution < -0.4 is 5.32 Å². The Bertz CT molecular complexity index is 621. The fourth-order valence-electron chi connectivity index (χ4n) is 2.46. The first-order chi connectivity index (χ1) is 10.3. The summed E-state index contributed by atoms with van der Waals surface area (Å²) < 4.78 is 9.97. The highest BCUT2D eigenvalue weighted by Crippen LogP contribution is 2.19. The van der Waals surface area contributed by atoms with Crippen LogP contribution in [0.5, 0.6) is 0 Å². The largest absolute Gasteiger partial charge is 0.465 e. The number of benzene rings is 1. The fraction of sp³-hybridized carbons (Fsp3) is 0.400. The van der Waals surface area contributed by atoms with Crippen LogP contribution in [0, 0.1) is 5.92 Å². The molecule has 0 saturated carbocycles. The van der Waals surface area contributed by atoms with Gasteiger partial charge >= 0.3 is 5.97 Å². The van der Waals surface area contributed by atoms with Gasteiger partial charge in [-0.25, -0.2) is 4.79 Å². The molecule has 1 aliphatic rings. The molecule has 1 fully saturated rings. The van der Waals surface area contributed by atoms with E-state index in [-0.39, 0.29) is 18.4 Å². The number of halogens is 1. The van der Waals surface area contributed by atoms with E-state index in [4.69, 9.17) is 4.52 Å². The summed E-state index contributed by atoms with van der Waals surface area (Å²) in [5, 5.41) is 7.32. The van der Waals surface area contributed by atoms with Gasteiger partial charge in [0.1, 0.15) is 0 Å². The van der Waals surface area contributed by atoms with Gasteiger partial charge in [-0.2, -0.15) is 4.98 Å². The Labute approximate surface area is 134 Å². The van der Waals surface area contributed by atoms with Crippen molar-refractivity contribution in [3.05, 3.63) is 35.7 Å². The third-order valence-corrected chi connectivity index (χ3v) is 3.66. The number of carbonyl (C=O) groups excluding carboxylic acids is 1. The van der Waals surface area contributed by atoms with Gasteiger partial charge in [-0.05, 0) is 37.6 Å². The van der Waals surface area contributed by atoms with E-state index in [1.807, 2.05) is 0 Å². The molecule has 1 saturated heterocycles. The smallest absolute Gasteiger partial charge is 0.337 e. The number of rotatable bonds is 4. The van der Waals surface area contributed by atoms with Crippen molar-refractivity contribution < 1.29 is 14.1 Å². The van der Waals surface area contributed by atoms with Crippen LogP contribution in [0.15, 0.2) is 28.8 Å². The predicted octanol–water partition coefficient (Wildman–Crippen LogP) is 2.10. The number of methoxy groups -OCH3 is 1. The minimum absolute atomic E-state index is 0. The number of esters is 1. The maximum atomic E-state index is 11.4. The standard InChI is InChI=1S/C15H17N3O3.ClH/c1-20-15(19)12-4-2-11(3-5-12)14-17-13(21-18-14)8-10-6-7-16-9-10;/h2-5,10,16H,6-9H2,1H3;1H. The number of carbonyl (C=O) groups is 1. The van der Waals surface area contributed by atoms with Crippen molar-refractivity contribution in [2.24, 2.45) is 5.92 Å². The summed E-state index contributed by atoms with van der Waals surface area (Å²) in [4.78, 5) is 15.8. The van der Waals surface area contributed by atoms with Gasteiger partial charge in [-0.1, -0.05) is 17.3 Å². The molecule has 0 bridgehead atoms. The molecule has 2 aromatic rings. The molecule has 118 valence electrons. The van der Waals surface area contributed by atoms with Crippen molar-refractivity contribution in [3.63, 3.8) is 0 Å². The summed E-state index contributed by atoms with van der Waals surface area (Å²) in [5.74, 6) is 1.42. The zero-order valence-corrected chi connectivity index (χ0v) is 13.1. The minimum Gasteiger partial charge on any atom is -0.465 e. The van der Waals surface area contributed by atoms with E-state index >= 15 is 0 Å². The summed E-state index contributed by atoms with van der Waals surface area (Å²) in [6.07, 6.45) is 1.95. The van der Waals surface area contributed by atoms with Crippen LogP contribution in [0.3, 0.4) is 0 Å². The second-order valence-electron chi connectivity index (χ2n) is 5.14. The molecule has 0 amide bonds. The summed E-state index contributed by atoms with van der Waals surface area (Å²) in [6.45, 7) is 2.06. The van der Waals surface area contributed by atoms with Crippen LogP contribution >= 0.6 is 12.4 Å². The lowest BCUT2D eigenvalue weighted by molar-refractivity contribution is 0.0601. The molecule has 2 heterocycles. The second-order valence-corrected chi connectivity index (χ2v) is 5.14. The maximum Gasteiger partial charge on any atom is 0.337 e. The van der Waals surface area contributed by atoms with Crippen LogP contribution in [0.2, 0.25) is 0 Å². The number of aromatic nitrogens is 2. The number of hydrogen-bond donors (Lipinski definition) is 1. The van der Waals surface area contributed by atoms with E-state index in [0.29, 0.717) is 23.2 Å². The summed E-state index contributed by atoms with van der Waals surface area (Å²) in [5.41, 5.74) is 1.32. The van der Waals surface area contributed by atoms with Gasteiger partial charge in [0, 0.05) is 12.0 Å². The zero-order chi connectivity index (χ0) is 14.7. The zero-order valence-electron chi connectivity index (χ0n) is 12.2. The first kappa shape index (κ1) is 16.5. The van der Waals surface area contributed by atoms with Crippen molar-refractivity contribution in [3.8, 4) is 11.4 Å². The predicted molar refractivity (Wildman–Crippen MR) is 83.0 cm³/mol. The molecule has 1 aliphatic heterocycles. The first-order valence-corrected chi connectivity index (χ1v) is 6.98. The molecule has 1 N–H and O–H groups in total. The molecule has 7 heteroatoms. The molecule has 1 aromatic heterocycles. The first-order valence-electron chi connectivity index (χ1n) is 6.98. The third-order valence-electron chi connectivity index (χ3n) is 3.66. The van der Waals surface area contributed by atoms with Crippen LogP contribution in [-0.4, -0.2) is 36.3 Å². The summed E-state index contributed by atoms with van der Waals surface area (Å²) in [7, 11) is 1.36. The molecule has 22 heavy (non-hydrogen) atoms. The van der Waals surface area contributed by atoms with Crippen molar-refractivity contribution in [1.82, 2.24) is 15.5 Å². The van der Waals surface area contributed by atoms with Crippen LogP contribution in [0.25, 0.3) is 11.4 Å². The average molecular weight is 324 g/mol. The van der Waals surface area contributed by atoms with E-state index in [1.165, 1.54) is 7.11 Å². The molecular formula is C15H18ClN3O3. The number of ether oxygens (including phenoxy) is 1. The highest BCUT2D eigenvalue weighted by atomic mass is 35.5. The highest BCUT2D eigenvalue weighted by molar-refractivity contribution is 5.89. The van der Waals surface area contributed by atoms with Gasteiger partial charge in [0.2, 0.25) is 11.7 Å². The molecular weight excluding hydrogens is 306 g/mol. The van der Waals surface area contributed by atoms with Gasteiger partial charge < -0.3 is 14.6 Å². The van der Waals surface area contributed by atoms with E-state index < -0.39 is 0 Å². The SMILES string of the molecule is COC(=O)c1ccc(-c2noc(CC3CCNC3)n2)cc1.Cl. The van der Waals surface area contributed by atoms with Gasteiger partial charge in [-0.15, -0.1) is 12.4 Å². The molecule has 1 atom stereocenters. The Kier molecular flexibility index (Phi) is 5.51. The Morgan fingerprint density at radius 3 is 2.82 bits per heavy atom. The summed E-state index contributed by atoms with van der Waals surface area (Å²) in [6, 6.07) is 6.96. The Morgan fingerprint density at radius 2 is 2.18 bits per heavy atom. The number of nitrogens with zero attached hydrogens (tertiary/aromatic N) is 2. The normalized spacial score (nSPS) is 17.0. The quantitative estimate of drug-likeness (QED) is 0.868. The van der Waals surface area contributed by atoms with Crippen LogP contribution in [-0.2, 0) is 11.2 Å². The minimum atomic E-state index is -0.357. The van der Waals surface area contributed by atoms with E-state index in [9.17, 15) is 4.79 Å². The van der Waals surface area contributed by atoms with Crippen LogP contribution in [0.4, 0.5) is 0 Å². The van der Waals surface area contributed by atoms with E-state index in [0.717, 1.165) is 31.5 Å². The number of nitrogens with one attached hydrogen (secondary N) is 1. The molecule has 6 nitrogen and oxygen atoms in total. The van der Waals surface area contributed by atoms with Gasteiger partial charge in [0.25, 0.3) is 0 Å². The third kappa shape index (κ3) is 3.64. The Hall–Kier alpha value is -1.92. The average Bonchev–Trinajstić information content (AvgIpc) is 3.19. The maximum absolute atomic E-state index is 11.4. The molecule has 3 rings (SSSR count). The molecule has 0 aliphatic carbocycles. The summed E-state index contributed by atoms with van der Waals surface area (Å²) >= 11 is 0. The van der Waals surface area contributed by atoms with Gasteiger partial charge in [0.05, 0.1) is 12.7 Å². The van der Waals surface area contributed by atoms with Crippen molar-refractivity contribution >= 4 is 18.4 Å². The van der Waals surface area contributed by atoms with Crippen molar-refractivity contribution in [2.75, 3.05) is 20.2 Å². The van der Waals surface area contributed by atoms with Gasteiger partial charge in [0.15, 0.2) is 0 Å². The Morgan fingerprint density at radius 1 is 1.41 bits per heavy atom.